The van der Waals surface area contributed by atoms with Crippen LogP contribution in [-0.4, -0.2) is 55.9 Å². The predicted octanol–water partition coefficient (Wildman–Crippen LogP) is 1.74. The molecular weight excluding hydrogens is 336 g/mol. The lowest BCUT2D eigenvalue weighted by molar-refractivity contribution is 0.196. The first-order valence-corrected chi connectivity index (χ1v) is 9.97. The molecule has 0 aromatic carbocycles. The highest BCUT2D eigenvalue weighted by Crippen LogP contribution is 2.30. The summed E-state index contributed by atoms with van der Waals surface area (Å²) in [5.74, 6) is 2.03. The molecule has 0 bridgehead atoms. The second-order valence-electron chi connectivity index (χ2n) is 7.07. The standard InChI is InChI=1S/C17H26N6OS/c1-21-15(12-24)19-20-16(21)13-5-4-6-22(10-13)11-14-9-18-17(25-14)23-7-2-3-8-23/h9,13,24H,2-8,10-12H2,1H3/t13-/m1/s1. The number of aliphatic hydroxyl groups is 1. The molecule has 0 aliphatic carbocycles. The Morgan fingerprint density at radius 1 is 1.20 bits per heavy atom. The summed E-state index contributed by atoms with van der Waals surface area (Å²) < 4.78 is 1.95. The molecule has 1 atom stereocenters. The van der Waals surface area contributed by atoms with E-state index < -0.39 is 0 Å². The molecule has 2 aromatic rings. The smallest absolute Gasteiger partial charge is 0.185 e. The highest BCUT2D eigenvalue weighted by Gasteiger charge is 2.26. The van der Waals surface area contributed by atoms with Crippen LogP contribution < -0.4 is 4.90 Å². The van der Waals surface area contributed by atoms with Gasteiger partial charge < -0.3 is 14.6 Å². The molecule has 7 nitrogen and oxygen atoms in total. The van der Waals surface area contributed by atoms with E-state index >= 15 is 0 Å². The number of aromatic nitrogens is 4. The molecule has 0 saturated carbocycles. The zero-order chi connectivity index (χ0) is 17.2. The van der Waals surface area contributed by atoms with Gasteiger partial charge in [-0.05, 0) is 32.2 Å². The molecule has 2 saturated heterocycles. The molecule has 2 aromatic heterocycles. The van der Waals surface area contributed by atoms with Crippen LogP contribution in [0.5, 0.6) is 0 Å². The summed E-state index contributed by atoms with van der Waals surface area (Å²) in [5.41, 5.74) is 0. The third-order valence-corrected chi connectivity index (χ3v) is 6.35. The topological polar surface area (TPSA) is 70.3 Å². The minimum atomic E-state index is -0.0555. The Labute approximate surface area is 152 Å². The molecule has 0 radical (unpaired) electrons. The quantitative estimate of drug-likeness (QED) is 0.874. The molecule has 4 rings (SSSR count). The number of hydrogen-bond acceptors (Lipinski definition) is 7. The van der Waals surface area contributed by atoms with Gasteiger partial charge in [0.25, 0.3) is 0 Å². The van der Waals surface area contributed by atoms with Gasteiger partial charge in [-0.25, -0.2) is 4.98 Å². The third-order valence-electron chi connectivity index (χ3n) is 5.31. The van der Waals surface area contributed by atoms with Crippen LogP contribution in [0.1, 0.15) is 48.1 Å². The van der Waals surface area contributed by atoms with Crippen molar-refractivity contribution in [2.24, 2.45) is 7.05 Å². The summed E-state index contributed by atoms with van der Waals surface area (Å²) in [6.07, 6.45) is 6.93. The molecule has 2 aliphatic rings. The lowest BCUT2D eigenvalue weighted by atomic mass is 9.97. The average Bonchev–Trinajstić information content (AvgIpc) is 3.35. The van der Waals surface area contributed by atoms with E-state index in [1.165, 1.54) is 29.3 Å². The number of likely N-dealkylation sites (tertiary alicyclic amines) is 1. The fourth-order valence-corrected chi connectivity index (χ4v) is 4.93. The molecule has 4 heterocycles. The SMILES string of the molecule is Cn1c(CO)nnc1[C@@H]1CCCN(Cc2cnc(N3CCCC3)s2)C1. The lowest BCUT2D eigenvalue weighted by Crippen LogP contribution is -2.34. The Bertz CT molecular complexity index is 708. The maximum atomic E-state index is 9.33. The van der Waals surface area contributed by atoms with Gasteiger partial charge in [0, 0.05) is 50.2 Å². The first-order valence-electron chi connectivity index (χ1n) is 9.15. The molecule has 8 heteroatoms. The summed E-state index contributed by atoms with van der Waals surface area (Å²) in [6.45, 7) is 5.33. The fraction of sp³-hybridized carbons (Fsp3) is 0.706. The first kappa shape index (κ1) is 16.9. The fourth-order valence-electron chi connectivity index (χ4n) is 3.92. The number of nitrogens with zero attached hydrogens (tertiary/aromatic N) is 6. The number of thiazole rings is 1. The molecule has 1 N–H and O–H groups in total. The van der Waals surface area contributed by atoms with Gasteiger partial charge >= 0.3 is 0 Å². The van der Waals surface area contributed by atoms with Crippen LogP contribution in [-0.2, 0) is 20.2 Å². The van der Waals surface area contributed by atoms with Gasteiger partial charge in [0.15, 0.2) is 11.0 Å². The molecule has 2 aliphatic heterocycles. The van der Waals surface area contributed by atoms with Gasteiger partial charge in [0.05, 0.1) is 0 Å². The van der Waals surface area contributed by atoms with Crippen molar-refractivity contribution in [1.29, 1.82) is 0 Å². The molecule has 2 fully saturated rings. The number of anilines is 1. The van der Waals surface area contributed by atoms with Crippen LogP contribution in [0.3, 0.4) is 0 Å². The van der Waals surface area contributed by atoms with E-state index in [0.29, 0.717) is 11.7 Å². The van der Waals surface area contributed by atoms with Crippen LogP contribution in [0.2, 0.25) is 0 Å². The van der Waals surface area contributed by atoms with Crippen LogP contribution >= 0.6 is 11.3 Å². The summed E-state index contributed by atoms with van der Waals surface area (Å²) in [5, 5.41) is 18.9. The van der Waals surface area contributed by atoms with E-state index in [9.17, 15) is 5.11 Å². The minimum Gasteiger partial charge on any atom is -0.388 e. The Morgan fingerprint density at radius 3 is 2.80 bits per heavy atom. The van der Waals surface area contributed by atoms with Crippen molar-refractivity contribution in [3.8, 4) is 0 Å². The summed E-state index contributed by atoms with van der Waals surface area (Å²) >= 11 is 1.84. The molecule has 136 valence electrons. The second-order valence-corrected chi connectivity index (χ2v) is 8.16. The number of hydrogen-bond donors (Lipinski definition) is 1. The van der Waals surface area contributed by atoms with Gasteiger partial charge in [-0.2, -0.15) is 0 Å². The number of piperidine rings is 1. The summed E-state index contributed by atoms with van der Waals surface area (Å²) in [6, 6.07) is 0. The van der Waals surface area contributed by atoms with Crippen LogP contribution in [0.4, 0.5) is 5.13 Å². The van der Waals surface area contributed by atoms with E-state index in [1.54, 1.807) is 0 Å². The minimum absolute atomic E-state index is 0.0555. The largest absolute Gasteiger partial charge is 0.388 e. The Balaban J connectivity index is 1.40. The summed E-state index contributed by atoms with van der Waals surface area (Å²) in [7, 11) is 1.95. The van der Waals surface area contributed by atoms with Gasteiger partial charge in [0.1, 0.15) is 12.4 Å². The Kier molecular flexibility index (Phi) is 5.00. The van der Waals surface area contributed by atoms with Crippen molar-refractivity contribution in [3.05, 3.63) is 22.7 Å². The maximum absolute atomic E-state index is 9.33. The monoisotopic (exact) mass is 362 g/mol. The van der Waals surface area contributed by atoms with Crippen molar-refractivity contribution in [1.82, 2.24) is 24.6 Å². The van der Waals surface area contributed by atoms with Crippen molar-refractivity contribution in [3.63, 3.8) is 0 Å². The van der Waals surface area contributed by atoms with Gasteiger partial charge in [0.2, 0.25) is 0 Å². The second kappa shape index (κ2) is 7.39. The zero-order valence-corrected chi connectivity index (χ0v) is 15.6. The molecule has 25 heavy (non-hydrogen) atoms. The summed E-state index contributed by atoms with van der Waals surface area (Å²) in [4.78, 5) is 10.9. The van der Waals surface area contributed by atoms with Crippen LogP contribution in [0.15, 0.2) is 6.20 Å². The molecule has 0 unspecified atom stereocenters. The van der Waals surface area contributed by atoms with Crippen LogP contribution in [0.25, 0.3) is 0 Å². The molecule has 0 amide bonds. The number of rotatable bonds is 5. The van der Waals surface area contributed by atoms with E-state index in [2.05, 4.69) is 25.0 Å². The zero-order valence-electron chi connectivity index (χ0n) is 14.8. The van der Waals surface area contributed by atoms with Gasteiger partial charge in [-0.15, -0.1) is 21.5 Å². The Hall–Kier alpha value is -1.51. The highest BCUT2D eigenvalue weighted by molar-refractivity contribution is 7.15. The molecule has 0 spiro atoms. The number of aliphatic hydroxyl groups excluding tert-OH is 1. The normalized spacial score (nSPS) is 22.0. The third kappa shape index (κ3) is 3.56. The van der Waals surface area contributed by atoms with Gasteiger partial charge in [-0.3, -0.25) is 4.90 Å². The van der Waals surface area contributed by atoms with E-state index in [-0.39, 0.29) is 6.61 Å². The van der Waals surface area contributed by atoms with E-state index in [0.717, 1.165) is 45.0 Å². The average molecular weight is 363 g/mol. The lowest BCUT2D eigenvalue weighted by Gasteiger charge is -2.31. The van der Waals surface area contributed by atoms with E-state index in [1.807, 2.05) is 29.1 Å². The van der Waals surface area contributed by atoms with Crippen molar-refractivity contribution >= 4 is 16.5 Å². The molecular formula is C17H26N6OS. The first-order chi connectivity index (χ1) is 12.2. The highest BCUT2D eigenvalue weighted by atomic mass is 32.1. The van der Waals surface area contributed by atoms with Crippen molar-refractivity contribution in [2.45, 2.75) is 44.8 Å². The maximum Gasteiger partial charge on any atom is 0.185 e. The van der Waals surface area contributed by atoms with Crippen molar-refractivity contribution in [2.75, 3.05) is 31.1 Å². The Morgan fingerprint density at radius 2 is 2.04 bits per heavy atom. The predicted molar refractivity (Wildman–Crippen MR) is 97.7 cm³/mol. The van der Waals surface area contributed by atoms with Crippen molar-refractivity contribution < 1.29 is 5.11 Å². The van der Waals surface area contributed by atoms with Crippen LogP contribution in [0, 0.1) is 0 Å². The van der Waals surface area contributed by atoms with E-state index in [4.69, 9.17) is 0 Å². The van der Waals surface area contributed by atoms with Gasteiger partial charge in [-0.1, -0.05) is 0 Å².